The highest BCUT2D eigenvalue weighted by atomic mass is 35.5. The molecule has 26 heavy (non-hydrogen) atoms. The maximum Gasteiger partial charge on any atom is 0.249 e. The van der Waals surface area contributed by atoms with Crippen molar-refractivity contribution in [3.8, 4) is 28.7 Å². The number of rotatable bonds is 5. The van der Waals surface area contributed by atoms with E-state index >= 15 is 0 Å². The molecule has 4 aromatic rings. The molecule has 0 aliphatic carbocycles. The molecule has 0 aliphatic rings. The molecule has 0 atom stereocenters. The highest BCUT2D eigenvalue weighted by molar-refractivity contribution is 6.33. The first-order valence-electron chi connectivity index (χ1n) is 8.15. The van der Waals surface area contributed by atoms with Crippen LogP contribution < -0.4 is 4.74 Å². The van der Waals surface area contributed by atoms with Gasteiger partial charge in [-0.15, -0.1) is 10.2 Å². The van der Waals surface area contributed by atoms with Crippen molar-refractivity contribution in [2.24, 2.45) is 0 Å². The van der Waals surface area contributed by atoms with Crippen LogP contribution in [0, 0.1) is 0 Å². The summed E-state index contributed by atoms with van der Waals surface area (Å²) in [4.78, 5) is 0. The van der Waals surface area contributed by atoms with Gasteiger partial charge in [-0.1, -0.05) is 54.1 Å². The third-order valence-electron chi connectivity index (χ3n) is 3.88. The summed E-state index contributed by atoms with van der Waals surface area (Å²) in [6, 6.07) is 25.0. The molecule has 3 aromatic carbocycles. The Kier molecular flexibility index (Phi) is 4.67. The number of aromatic nitrogens is 2. The first-order valence-corrected chi connectivity index (χ1v) is 8.53. The maximum absolute atomic E-state index is 6.18. The van der Waals surface area contributed by atoms with Crippen LogP contribution in [0.25, 0.3) is 22.9 Å². The maximum atomic E-state index is 6.18. The summed E-state index contributed by atoms with van der Waals surface area (Å²) in [5.74, 6) is 1.62. The van der Waals surface area contributed by atoms with E-state index in [0.29, 0.717) is 23.4 Å². The van der Waals surface area contributed by atoms with Gasteiger partial charge in [-0.2, -0.15) is 0 Å². The Morgan fingerprint density at radius 2 is 1.46 bits per heavy atom. The monoisotopic (exact) mass is 362 g/mol. The van der Waals surface area contributed by atoms with Crippen LogP contribution in [-0.2, 0) is 6.61 Å². The van der Waals surface area contributed by atoms with Gasteiger partial charge in [-0.25, -0.2) is 0 Å². The largest absolute Gasteiger partial charge is 0.489 e. The van der Waals surface area contributed by atoms with E-state index in [1.807, 2.05) is 72.8 Å². The molecule has 0 unspecified atom stereocenters. The van der Waals surface area contributed by atoms with Gasteiger partial charge in [-0.05, 0) is 42.0 Å². The highest BCUT2D eigenvalue weighted by Gasteiger charge is 2.12. The minimum atomic E-state index is 0.398. The van der Waals surface area contributed by atoms with Crippen LogP contribution >= 0.6 is 11.6 Å². The lowest BCUT2D eigenvalue weighted by Crippen LogP contribution is -1.94. The van der Waals surface area contributed by atoms with E-state index in [2.05, 4.69) is 10.2 Å². The van der Waals surface area contributed by atoms with E-state index in [4.69, 9.17) is 20.8 Å². The average Bonchev–Trinajstić information content (AvgIpc) is 3.18. The van der Waals surface area contributed by atoms with E-state index in [9.17, 15) is 0 Å². The SMILES string of the molecule is Clc1ccccc1-c1nnc(-c2ccc(OCc3ccccc3)cc2)o1. The van der Waals surface area contributed by atoms with Crippen LogP contribution in [0.3, 0.4) is 0 Å². The van der Waals surface area contributed by atoms with Gasteiger partial charge in [0.1, 0.15) is 12.4 Å². The molecule has 0 spiro atoms. The Morgan fingerprint density at radius 3 is 2.23 bits per heavy atom. The number of ether oxygens (including phenoxy) is 1. The van der Waals surface area contributed by atoms with Gasteiger partial charge in [0.15, 0.2) is 0 Å². The van der Waals surface area contributed by atoms with Crippen molar-refractivity contribution < 1.29 is 9.15 Å². The lowest BCUT2D eigenvalue weighted by molar-refractivity contribution is 0.306. The number of hydrogen-bond donors (Lipinski definition) is 0. The fraction of sp³-hybridized carbons (Fsp3) is 0.0476. The van der Waals surface area contributed by atoms with Gasteiger partial charge in [0.25, 0.3) is 0 Å². The predicted octanol–water partition coefficient (Wildman–Crippen LogP) is 5.64. The van der Waals surface area contributed by atoms with Gasteiger partial charge >= 0.3 is 0 Å². The molecule has 4 nitrogen and oxygen atoms in total. The van der Waals surface area contributed by atoms with Crippen LogP contribution in [0.2, 0.25) is 5.02 Å². The first kappa shape index (κ1) is 16.4. The Bertz CT molecular complexity index is 998. The summed E-state index contributed by atoms with van der Waals surface area (Å²) < 4.78 is 11.5. The summed E-state index contributed by atoms with van der Waals surface area (Å²) in [6.07, 6.45) is 0. The standard InChI is InChI=1S/C21H15ClN2O2/c22-19-9-5-4-8-18(19)21-24-23-20(26-21)16-10-12-17(13-11-16)25-14-15-6-2-1-3-7-15/h1-13H,14H2. The lowest BCUT2D eigenvalue weighted by atomic mass is 10.2. The number of hydrogen-bond acceptors (Lipinski definition) is 4. The van der Waals surface area contributed by atoms with Crippen molar-refractivity contribution in [3.05, 3.63) is 89.4 Å². The Morgan fingerprint density at radius 1 is 0.769 bits per heavy atom. The summed E-state index contributed by atoms with van der Waals surface area (Å²) in [7, 11) is 0. The molecule has 1 aromatic heterocycles. The Labute approximate surface area is 156 Å². The Hall–Kier alpha value is -3.11. The molecule has 5 heteroatoms. The molecule has 0 saturated carbocycles. The molecule has 1 heterocycles. The molecule has 0 radical (unpaired) electrons. The van der Waals surface area contributed by atoms with Crippen molar-refractivity contribution in [2.45, 2.75) is 6.61 Å². The highest BCUT2D eigenvalue weighted by Crippen LogP contribution is 2.29. The molecule has 0 saturated heterocycles. The first-order chi connectivity index (χ1) is 12.8. The van der Waals surface area contributed by atoms with Gasteiger partial charge in [0.05, 0.1) is 10.6 Å². The summed E-state index contributed by atoms with van der Waals surface area (Å²) in [6.45, 7) is 0.525. The van der Waals surface area contributed by atoms with E-state index in [-0.39, 0.29) is 0 Å². The third-order valence-corrected chi connectivity index (χ3v) is 4.21. The molecule has 0 fully saturated rings. The number of nitrogens with zero attached hydrogens (tertiary/aromatic N) is 2. The van der Waals surface area contributed by atoms with Crippen molar-refractivity contribution in [3.63, 3.8) is 0 Å². The second-order valence-corrected chi connectivity index (χ2v) is 6.10. The summed E-state index contributed by atoms with van der Waals surface area (Å²) >= 11 is 6.18. The van der Waals surface area contributed by atoms with Crippen LogP contribution in [0.5, 0.6) is 5.75 Å². The fourth-order valence-corrected chi connectivity index (χ4v) is 2.73. The minimum absolute atomic E-state index is 0.398. The molecule has 4 rings (SSSR count). The molecule has 0 aliphatic heterocycles. The lowest BCUT2D eigenvalue weighted by Gasteiger charge is -2.06. The number of halogens is 1. The zero-order valence-corrected chi connectivity index (χ0v) is 14.6. The Balaban J connectivity index is 1.48. The average molecular weight is 363 g/mol. The topological polar surface area (TPSA) is 48.2 Å². The van der Waals surface area contributed by atoms with Crippen molar-refractivity contribution >= 4 is 11.6 Å². The summed E-state index contributed by atoms with van der Waals surface area (Å²) in [5, 5.41) is 8.78. The molecule has 0 bridgehead atoms. The van der Waals surface area contributed by atoms with Crippen molar-refractivity contribution in [2.75, 3.05) is 0 Å². The predicted molar refractivity (Wildman–Crippen MR) is 101 cm³/mol. The van der Waals surface area contributed by atoms with Gasteiger partial charge in [-0.3, -0.25) is 0 Å². The van der Waals surface area contributed by atoms with Crippen LogP contribution in [0.15, 0.2) is 83.3 Å². The molecule has 0 amide bonds. The third kappa shape index (κ3) is 3.60. The smallest absolute Gasteiger partial charge is 0.249 e. The van der Waals surface area contributed by atoms with Crippen molar-refractivity contribution in [1.82, 2.24) is 10.2 Å². The second-order valence-electron chi connectivity index (χ2n) is 5.69. The van der Waals surface area contributed by atoms with Gasteiger partial charge in [0.2, 0.25) is 11.8 Å². The molecule has 0 N–H and O–H groups in total. The van der Waals surface area contributed by atoms with Crippen LogP contribution in [-0.4, -0.2) is 10.2 Å². The second kappa shape index (κ2) is 7.42. The zero-order chi connectivity index (χ0) is 17.8. The quantitative estimate of drug-likeness (QED) is 0.461. The fourth-order valence-electron chi connectivity index (χ4n) is 2.52. The van der Waals surface area contributed by atoms with E-state index in [1.165, 1.54) is 0 Å². The van der Waals surface area contributed by atoms with Crippen molar-refractivity contribution in [1.29, 1.82) is 0 Å². The molecular formula is C21H15ClN2O2. The summed E-state index contributed by atoms with van der Waals surface area (Å²) in [5.41, 5.74) is 2.66. The molecule has 128 valence electrons. The van der Waals surface area contributed by atoms with Crippen LogP contribution in [0.4, 0.5) is 0 Å². The van der Waals surface area contributed by atoms with E-state index in [1.54, 1.807) is 6.07 Å². The van der Waals surface area contributed by atoms with Crippen LogP contribution in [0.1, 0.15) is 5.56 Å². The normalized spacial score (nSPS) is 10.7. The van der Waals surface area contributed by atoms with Gasteiger partial charge in [0, 0.05) is 5.56 Å². The van der Waals surface area contributed by atoms with Gasteiger partial charge < -0.3 is 9.15 Å². The minimum Gasteiger partial charge on any atom is -0.489 e. The number of benzene rings is 3. The van der Waals surface area contributed by atoms with E-state index in [0.717, 1.165) is 22.4 Å². The molecular weight excluding hydrogens is 348 g/mol. The zero-order valence-electron chi connectivity index (χ0n) is 13.8. The van der Waals surface area contributed by atoms with E-state index < -0.39 is 0 Å².